The number of rotatable bonds is 4. The number of hydrogen-bond donors (Lipinski definition) is 0. The Kier molecular flexibility index (Phi) is 5.35. The van der Waals surface area contributed by atoms with Gasteiger partial charge >= 0.3 is 0 Å². The van der Waals surface area contributed by atoms with Crippen LogP contribution in [0.15, 0.2) is 29.3 Å². The lowest BCUT2D eigenvalue weighted by Crippen LogP contribution is -2.06. The Morgan fingerprint density at radius 3 is 2.33 bits per heavy atom. The second-order valence-corrected chi connectivity index (χ2v) is 3.40. The first kappa shape index (κ1) is 11.2. The van der Waals surface area contributed by atoms with Crippen molar-refractivity contribution in [3.63, 3.8) is 0 Å². The first-order valence-corrected chi connectivity index (χ1v) is 4.40. The topological polar surface area (TPSA) is 12.4 Å². The lowest BCUT2D eigenvalue weighted by Gasteiger charge is -2.08. The predicted octanol–water partition coefficient (Wildman–Crippen LogP) is 3.23. The van der Waals surface area contributed by atoms with E-state index in [2.05, 4.69) is 32.3 Å². The van der Waals surface area contributed by atoms with Gasteiger partial charge in [0.2, 0.25) is 0 Å². The third kappa shape index (κ3) is 4.89. The van der Waals surface area contributed by atoms with Gasteiger partial charge in [-0.05, 0) is 25.8 Å². The fourth-order valence-corrected chi connectivity index (χ4v) is 0.537. The van der Waals surface area contributed by atoms with E-state index < -0.39 is 0 Å². The molecule has 0 aliphatic heterocycles. The van der Waals surface area contributed by atoms with Gasteiger partial charge < -0.3 is 0 Å². The summed E-state index contributed by atoms with van der Waals surface area (Å²) >= 11 is 0. The highest BCUT2D eigenvalue weighted by molar-refractivity contribution is 5.72. The molecule has 0 radical (unpaired) electrons. The average molecular weight is 165 g/mol. The van der Waals surface area contributed by atoms with E-state index in [1.54, 1.807) is 0 Å². The molecule has 0 rings (SSSR count). The first-order chi connectivity index (χ1) is 5.57. The molecule has 0 aliphatic carbocycles. The van der Waals surface area contributed by atoms with Crippen LogP contribution in [0.1, 0.15) is 27.7 Å². The molecule has 12 heavy (non-hydrogen) atoms. The summed E-state index contributed by atoms with van der Waals surface area (Å²) in [5.41, 5.74) is 1.15. The second-order valence-electron chi connectivity index (χ2n) is 3.40. The van der Waals surface area contributed by atoms with Crippen LogP contribution in [0.3, 0.4) is 0 Å². The molecule has 0 N–H and O–H groups in total. The Bertz CT molecular complexity index is 187. The molecular formula is C11H19N. The highest BCUT2D eigenvalue weighted by Crippen LogP contribution is 2.03. The van der Waals surface area contributed by atoms with Crippen LogP contribution in [0.4, 0.5) is 0 Å². The molecule has 0 aromatic heterocycles. The number of aliphatic imine (C=N–C) groups is 1. The highest BCUT2D eigenvalue weighted by Gasteiger charge is 2.01. The van der Waals surface area contributed by atoms with E-state index in [-0.39, 0.29) is 0 Å². The molecule has 0 fully saturated rings. The van der Waals surface area contributed by atoms with Crippen LogP contribution < -0.4 is 0 Å². The molecule has 68 valence electrons. The monoisotopic (exact) mass is 165 g/mol. The summed E-state index contributed by atoms with van der Waals surface area (Å²) in [5.74, 6) is 0.610. The van der Waals surface area contributed by atoms with Crippen LogP contribution in [0.5, 0.6) is 0 Å². The molecule has 1 heteroatoms. The van der Waals surface area contributed by atoms with Gasteiger partial charge in [-0.3, -0.25) is 4.99 Å². The van der Waals surface area contributed by atoms with Crippen LogP contribution in [0.25, 0.3) is 0 Å². The fraction of sp³-hybridized carbons (Fsp3) is 0.545. The minimum absolute atomic E-state index is 0.402. The van der Waals surface area contributed by atoms with Crippen LogP contribution >= 0.6 is 0 Å². The van der Waals surface area contributed by atoms with Gasteiger partial charge in [0.25, 0.3) is 0 Å². The van der Waals surface area contributed by atoms with Gasteiger partial charge in [0.1, 0.15) is 0 Å². The maximum atomic E-state index is 4.36. The van der Waals surface area contributed by atoms with Gasteiger partial charge in [0, 0.05) is 12.3 Å². The molecular weight excluding hydrogens is 146 g/mol. The van der Waals surface area contributed by atoms with Crippen molar-refractivity contribution in [2.24, 2.45) is 10.9 Å². The lowest BCUT2D eigenvalue weighted by atomic mass is 10.1. The number of hydrogen-bond acceptors (Lipinski definition) is 1. The average Bonchev–Trinajstić information content (AvgIpc) is 2.03. The number of nitrogens with zero attached hydrogens (tertiary/aromatic N) is 1. The fourth-order valence-electron chi connectivity index (χ4n) is 0.537. The van der Waals surface area contributed by atoms with E-state index in [9.17, 15) is 0 Å². The zero-order valence-corrected chi connectivity index (χ0v) is 8.54. The summed E-state index contributed by atoms with van der Waals surface area (Å²) in [7, 11) is 0. The molecule has 0 amide bonds. The van der Waals surface area contributed by atoms with Gasteiger partial charge in [-0.25, -0.2) is 0 Å². The van der Waals surface area contributed by atoms with Gasteiger partial charge in [-0.15, -0.1) is 0 Å². The second kappa shape index (κ2) is 5.76. The molecule has 0 saturated heterocycles. The van der Waals surface area contributed by atoms with Gasteiger partial charge in [-0.1, -0.05) is 32.1 Å². The largest absolute Gasteiger partial charge is 0.290 e. The molecule has 0 aromatic rings. The maximum Gasteiger partial charge on any atom is 0.0494 e. The molecule has 0 saturated carbocycles. The molecule has 1 unspecified atom stereocenters. The Balaban J connectivity index is 3.99. The molecule has 0 heterocycles. The summed E-state index contributed by atoms with van der Waals surface area (Å²) in [6, 6.07) is 0.402. The van der Waals surface area contributed by atoms with Crippen molar-refractivity contribution in [2.45, 2.75) is 33.7 Å². The minimum Gasteiger partial charge on any atom is -0.290 e. The SMILES string of the molecule is C=C/C(C)=C/C=N/C(C)C(C)C. The van der Waals surface area contributed by atoms with E-state index in [1.165, 1.54) is 0 Å². The molecule has 0 aromatic carbocycles. The zero-order valence-electron chi connectivity index (χ0n) is 8.54. The summed E-state index contributed by atoms with van der Waals surface area (Å²) in [5, 5.41) is 0. The van der Waals surface area contributed by atoms with Crippen molar-refractivity contribution in [1.29, 1.82) is 0 Å². The normalized spacial score (nSPS) is 15.6. The van der Waals surface area contributed by atoms with E-state index in [0.717, 1.165) is 5.57 Å². The molecule has 0 aliphatic rings. The van der Waals surface area contributed by atoms with Gasteiger partial charge in [0.05, 0.1) is 0 Å². The number of allylic oxidation sites excluding steroid dienone is 3. The zero-order chi connectivity index (χ0) is 9.56. The van der Waals surface area contributed by atoms with E-state index >= 15 is 0 Å². The minimum atomic E-state index is 0.402. The van der Waals surface area contributed by atoms with E-state index in [1.807, 2.05) is 25.3 Å². The summed E-state index contributed by atoms with van der Waals surface area (Å²) < 4.78 is 0. The quantitative estimate of drug-likeness (QED) is 0.448. The van der Waals surface area contributed by atoms with E-state index in [4.69, 9.17) is 0 Å². The van der Waals surface area contributed by atoms with Gasteiger partial charge in [-0.2, -0.15) is 0 Å². The third-order valence-corrected chi connectivity index (χ3v) is 1.95. The standard InChI is InChI=1S/C11H19N/c1-6-10(4)7-8-12-11(5)9(2)3/h6-9,11H,1H2,2-5H3/b10-7+,12-8+. The first-order valence-electron chi connectivity index (χ1n) is 4.40. The Hall–Kier alpha value is -0.850. The Morgan fingerprint density at radius 1 is 1.33 bits per heavy atom. The van der Waals surface area contributed by atoms with Crippen LogP contribution in [-0.4, -0.2) is 12.3 Å². The molecule has 0 spiro atoms. The molecule has 1 nitrogen and oxygen atoms in total. The summed E-state index contributed by atoms with van der Waals surface area (Å²) in [6.07, 6.45) is 5.67. The maximum absolute atomic E-state index is 4.36. The Morgan fingerprint density at radius 2 is 1.92 bits per heavy atom. The van der Waals surface area contributed by atoms with E-state index in [0.29, 0.717) is 12.0 Å². The third-order valence-electron chi connectivity index (χ3n) is 1.95. The predicted molar refractivity (Wildman–Crippen MR) is 56.7 cm³/mol. The molecule has 0 bridgehead atoms. The lowest BCUT2D eigenvalue weighted by molar-refractivity contribution is 0.533. The van der Waals surface area contributed by atoms with Crippen molar-refractivity contribution >= 4 is 6.21 Å². The molecule has 1 atom stereocenters. The summed E-state index contributed by atoms with van der Waals surface area (Å²) in [4.78, 5) is 4.36. The van der Waals surface area contributed by atoms with Crippen LogP contribution in [-0.2, 0) is 0 Å². The van der Waals surface area contributed by atoms with Crippen molar-refractivity contribution < 1.29 is 0 Å². The van der Waals surface area contributed by atoms with Crippen molar-refractivity contribution in [3.05, 3.63) is 24.3 Å². The summed E-state index contributed by atoms with van der Waals surface area (Å²) in [6.45, 7) is 12.1. The van der Waals surface area contributed by atoms with Crippen molar-refractivity contribution in [2.75, 3.05) is 0 Å². The van der Waals surface area contributed by atoms with Crippen molar-refractivity contribution in [3.8, 4) is 0 Å². The highest BCUT2D eigenvalue weighted by atomic mass is 14.8. The van der Waals surface area contributed by atoms with Crippen LogP contribution in [0, 0.1) is 5.92 Å². The van der Waals surface area contributed by atoms with Gasteiger partial charge in [0.15, 0.2) is 0 Å². The Labute approximate surface area is 75.9 Å². The smallest absolute Gasteiger partial charge is 0.0494 e. The van der Waals surface area contributed by atoms with Crippen LogP contribution in [0.2, 0.25) is 0 Å². The van der Waals surface area contributed by atoms with Crippen molar-refractivity contribution in [1.82, 2.24) is 0 Å².